The van der Waals surface area contributed by atoms with E-state index in [0.717, 1.165) is 19.3 Å². The van der Waals surface area contributed by atoms with E-state index in [0.29, 0.717) is 0 Å². The van der Waals surface area contributed by atoms with Crippen molar-refractivity contribution in [1.29, 1.82) is 5.26 Å². The van der Waals surface area contributed by atoms with E-state index in [1.807, 2.05) is 18.2 Å². The Morgan fingerprint density at radius 3 is 3.09 bits per heavy atom. The summed E-state index contributed by atoms with van der Waals surface area (Å²) in [6, 6.07) is 1.88. The number of hydrogen-bond donors (Lipinski definition) is 0. The van der Waals surface area contributed by atoms with Crippen molar-refractivity contribution in [3.8, 4) is 6.07 Å². The van der Waals surface area contributed by atoms with Gasteiger partial charge in [0.25, 0.3) is 0 Å². The second kappa shape index (κ2) is 3.92. The van der Waals surface area contributed by atoms with Crippen molar-refractivity contribution in [2.75, 3.05) is 0 Å². The molecule has 2 nitrogen and oxygen atoms in total. The summed E-state index contributed by atoms with van der Waals surface area (Å²) in [5.41, 5.74) is 0. The molecule has 0 amide bonds. The highest BCUT2D eigenvalue weighted by Crippen LogP contribution is 2.18. The van der Waals surface area contributed by atoms with E-state index < -0.39 is 0 Å². The molecule has 0 aromatic carbocycles. The van der Waals surface area contributed by atoms with E-state index in [-0.39, 0.29) is 18.1 Å². The molecule has 1 aliphatic rings. The lowest BCUT2D eigenvalue weighted by molar-refractivity contribution is -0.120. The molecule has 0 saturated carbocycles. The molecular weight excluding hydrogens is 138 g/mol. The van der Waals surface area contributed by atoms with Gasteiger partial charge in [0.2, 0.25) is 0 Å². The molecule has 1 unspecified atom stereocenters. The molecule has 0 radical (unpaired) electrons. The lowest BCUT2D eigenvalue weighted by Gasteiger charge is -2.12. The van der Waals surface area contributed by atoms with Gasteiger partial charge < -0.3 is 0 Å². The van der Waals surface area contributed by atoms with Crippen molar-refractivity contribution in [2.24, 2.45) is 5.92 Å². The van der Waals surface area contributed by atoms with Gasteiger partial charge in [-0.2, -0.15) is 5.26 Å². The number of carbonyl (C=O) groups is 1. The molecule has 11 heavy (non-hydrogen) atoms. The van der Waals surface area contributed by atoms with Gasteiger partial charge in [0, 0.05) is 5.92 Å². The second-order valence-electron chi connectivity index (χ2n) is 2.77. The maximum atomic E-state index is 11.1. The van der Waals surface area contributed by atoms with Crippen LogP contribution in [0.4, 0.5) is 0 Å². The Morgan fingerprint density at radius 2 is 2.55 bits per heavy atom. The van der Waals surface area contributed by atoms with Crippen molar-refractivity contribution in [2.45, 2.75) is 25.7 Å². The predicted octanol–water partition coefficient (Wildman–Crippen LogP) is 1.83. The Labute approximate surface area is 66.5 Å². The summed E-state index contributed by atoms with van der Waals surface area (Å²) < 4.78 is 0. The fraction of sp³-hybridized carbons (Fsp3) is 0.556. The first-order valence-corrected chi connectivity index (χ1v) is 3.91. The monoisotopic (exact) mass is 149 g/mol. The minimum Gasteiger partial charge on any atom is -0.298 e. The zero-order valence-electron chi connectivity index (χ0n) is 6.42. The van der Waals surface area contributed by atoms with Crippen molar-refractivity contribution < 1.29 is 4.79 Å². The quantitative estimate of drug-likeness (QED) is 0.562. The van der Waals surface area contributed by atoms with E-state index in [1.54, 1.807) is 0 Å². The van der Waals surface area contributed by atoms with Gasteiger partial charge >= 0.3 is 0 Å². The summed E-state index contributed by atoms with van der Waals surface area (Å²) in [7, 11) is 0. The van der Waals surface area contributed by atoms with E-state index >= 15 is 0 Å². The largest absolute Gasteiger partial charge is 0.298 e. The Balaban J connectivity index is 2.47. The first-order valence-electron chi connectivity index (χ1n) is 3.91. The zero-order chi connectivity index (χ0) is 8.10. The molecule has 0 aromatic rings. The summed E-state index contributed by atoms with van der Waals surface area (Å²) in [6.45, 7) is 0. The summed E-state index contributed by atoms with van der Waals surface area (Å²) in [5.74, 6) is 0.104. The minimum atomic E-state index is 0.0309. The first kappa shape index (κ1) is 8.00. The SMILES string of the molecule is N#CCC(=O)C1C=CCCC1. The molecule has 1 rings (SSSR count). The van der Waals surface area contributed by atoms with E-state index in [9.17, 15) is 4.79 Å². The number of rotatable bonds is 2. The van der Waals surface area contributed by atoms with Gasteiger partial charge in [-0.1, -0.05) is 12.2 Å². The Morgan fingerprint density at radius 1 is 1.73 bits per heavy atom. The number of Topliss-reactive ketones (excluding diaryl/α,β-unsaturated/α-hetero) is 1. The van der Waals surface area contributed by atoms with Gasteiger partial charge in [-0.25, -0.2) is 0 Å². The second-order valence-corrected chi connectivity index (χ2v) is 2.77. The summed E-state index contributed by atoms with van der Waals surface area (Å²) in [5, 5.41) is 8.27. The van der Waals surface area contributed by atoms with Crippen LogP contribution in [0.5, 0.6) is 0 Å². The molecule has 0 bridgehead atoms. The molecule has 0 spiro atoms. The van der Waals surface area contributed by atoms with Gasteiger partial charge in [-0.15, -0.1) is 0 Å². The van der Waals surface area contributed by atoms with Crippen LogP contribution in [0, 0.1) is 17.2 Å². The van der Waals surface area contributed by atoms with E-state index in [1.165, 1.54) is 0 Å². The third kappa shape index (κ3) is 2.19. The van der Waals surface area contributed by atoms with Crippen LogP contribution in [0.2, 0.25) is 0 Å². The fourth-order valence-corrected chi connectivity index (χ4v) is 1.29. The summed E-state index contributed by atoms with van der Waals surface area (Å²) in [4.78, 5) is 11.1. The highest BCUT2D eigenvalue weighted by Gasteiger charge is 2.15. The summed E-state index contributed by atoms with van der Waals surface area (Å²) >= 11 is 0. The molecule has 2 heteroatoms. The standard InChI is InChI=1S/C9H11NO/c10-7-6-9(11)8-4-2-1-3-5-8/h2,4,8H,1,3,5-6H2. The Bertz CT molecular complexity index is 212. The number of allylic oxidation sites excluding steroid dienone is 2. The number of nitriles is 1. The van der Waals surface area contributed by atoms with Crippen molar-refractivity contribution in [3.63, 3.8) is 0 Å². The van der Waals surface area contributed by atoms with Crippen molar-refractivity contribution >= 4 is 5.78 Å². The van der Waals surface area contributed by atoms with Crippen LogP contribution >= 0.6 is 0 Å². The highest BCUT2D eigenvalue weighted by molar-refractivity contribution is 5.84. The maximum absolute atomic E-state index is 11.1. The molecule has 0 saturated heterocycles. The van der Waals surface area contributed by atoms with Crippen LogP contribution < -0.4 is 0 Å². The van der Waals surface area contributed by atoms with Gasteiger partial charge in [0.1, 0.15) is 0 Å². The predicted molar refractivity (Wildman–Crippen MR) is 41.7 cm³/mol. The normalized spacial score (nSPS) is 22.6. The number of hydrogen-bond acceptors (Lipinski definition) is 2. The number of nitrogens with zero attached hydrogens (tertiary/aromatic N) is 1. The minimum absolute atomic E-state index is 0.0309. The average Bonchev–Trinajstić information content (AvgIpc) is 2.07. The molecular formula is C9H11NO. The number of ketones is 1. The smallest absolute Gasteiger partial charge is 0.153 e. The van der Waals surface area contributed by atoms with E-state index in [4.69, 9.17) is 5.26 Å². The van der Waals surface area contributed by atoms with Gasteiger partial charge in [0.15, 0.2) is 5.78 Å². The Kier molecular flexibility index (Phi) is 2.85. The van der Waals surface area contributed by atoms with Gasteiger partial charge in [-0.3, -0.25) is 4.79 Å². The average molecular weight is 149 g/mol. The lowest BCUT2D eigenvalue weighted by atomic mass is 9.91. The number of carbonyl (C=O) groups excluding carboxylic acids is 1. The maximum Gasteiger partial charge on any atom is 0.153 e. The van der Waals surface area contributed by atoms with Crippen LogP contribution in [0.1, 0.15) is 25.7 Å². The molecule has 0 heterocycles. The lowest BCUT2D eigenvalue weighted by Crippen LogP contribution is -2.13. The van der Waals surface area contributed by atoms with Gasteiger partial charge in [0.05, 0.1) is 12.5 Å². The van der Waals surface area contributed by atoms with Crippen LogP contribution in [0.25, 0.3) is 0 Å². The van der Waals surface area contributed by atoms with Crippen LogP contribution in [0.3, 0.4) is 0 Å². The molecule has 58 valence electrons. The topological polar surface area (TPSA) is 40.9 Å². The third-order valence-corrected chi connectivity index (χ3v) is 1.92. The van der Waals surface area contributed by atoms with E-state index in [2.05, 4.69) is 0 Å². The fourth-order valence-electron chi connectivity index (χ4n) is 1.29. The molecule has 1 atom stereocenters. The van der Waals surface area contributed by atoms with Crippen molar-refractivity contribution in [3.05, 3.63) is 12.2 Å². The zero-order valence-corrected chi connectivity index (χ0v) is 6.42. The van der Waals surface area contributed by atoms with Crippen LogP contribution in [-0.2, 0) is 4.79 Å². The highest BCUT2D eigenvalue weighted by atomic mass is 16.1. The van der Waals surface area contributed by atoms with Crippen molar-refractivity contribution in [1.82, 2.24) is 0 Å². The van der Waals surface area contributed by atoms with Crippen LogP contribution in [-0.4, -0.2) is 5.78 Å². The van der Waals surface area contributed by atoms with Gasteiger partial charge in [-0.05, 0) is 19.3 Å². The molecule has 1 aliphatic carbocycles. The third-order valence-electron chi connectivity index (χ3n) is 1.92. The Hall–Kier alpha value is -1.10. The summed E-state index contributed by atoms with van der Waals surface area (Å²) in [6.07, 6.45) is 7.12. The first-order chi connectivity index (χ1) is 5.34. The molecule has 0 N–H and O–H groups in total. The molecule has 0 aliphatic heterocycles. The molecule has 0 aromatic heterocycles. The molecule has 0 fully saturated rings. The van der Waals surface area contributed by atoms with Crippen LogP contribution in [0.15, 0.2) is 12.2 Å².